The fraction of sp³-hybridized carbons (Fsp3) is 0.176. The molecule has 0 heterocycles. The van der Waals surface area contributed by atoms with Gasteiger partial charge in [-0.2, -0.15) is 0 Å². The summed E-state index contributed by atoms with van der Waals surface area (Å²) < 4.78 is 24.2. The van der Waals surface area contributed by atoms with Crippen LogP contribution in [0.15, 0.2) is 46.9 Å². The molecule has 1 amide bonds. The van der Waals surface area contributed by atoms with Gasteiger partial charge in [-0.3, -0.25) is 4.79 Å². The fourth-order valence-electron chi connectivity index (χ4n) is 1.86. The van der Waals surface area contributed by atoms with Gasteiger partial charge in [0, 0.05) is 10.2 Å². The van der Waals surface area contributed by atoms with Gasteiger partial charge in [-0.15, -0.1) is 0 Å². The highest BCUT2D eigenvalue weighted by atomic mass is 79.9. The first kappa shape index (κ1) is 17.9. The van der Waals surface area contributed by atoms with Crippen LogP contribution < -0.4 is 10.1 Å². The second kappa shape index (κ2) is 8.44. The number of benzene rings is 2. The highest BCUT2D eigenvalue weighted by Crippen LogP contribution is 2.17. The van der Waals surface area contributed by atoms with Crippen molar-refractivity contribution in [2.75, 3.05) is 18.5 Å². The molecule has 0 aromatic heterocycles. The average Bonchev–Trinajstić information content (AvgIpc) is 2.57. The molecule has 126 valence electrons. The molecule has 0 atom stereocenters. The molecule has 0 aliphatic carbocycles. The van der Waals surface area contributed by atoms with E-state index in [2.05, 4.69) is 21.2 Å². The monoisotopic (exact) mass is 395 g/mol. The van der Waals surface area contributed by atoms with Crippen LogP contribution >= 0.6 is 15.9 Å². The Bertz CT molecular complexity index is 734. The second-order valence-electron chi connectivity index (χ2n) is 4.71. The van der Waals surface area contributed by atoms with Crippen LogP contribution in [0, 0.1) is 5.82 Å². The first-order chi connectivity index (χ1) is 11.5. The Hall–Kier alpha value is -2.41. The van der Waals surface area contributed by atoms with Crippen molar-refractivity contribution in [3.05, 3.63) is 58.3 Å². The van der Waals surface area contributed by atoms with Gasteiger partial charge in [-0.05, 0) is 49.4 Å². The molecule has 2 rings (SSSR count). The molecule has 1 N–H and O–H groups in total. The lowest BCUT2D eigenvalue weighted by Gasteiger charge is -2.08. The van der Waals surface area contributed by atoms with Crippen molar-refractivity contribution in [3.8, 4) is 5.75 Å². The molecule has 0 spiro atoms. The van der Waals surface area contributed by atoms with E-state index in [1.807, 2.05) is 6.92 Å². The Labute approximate surface area is 146 Å². The molecule has 0 aliphatic heterocycles. The first-order valence-corrected chi connectivity index (χ1v) is 7.93. The predicted molar refractivity (Wildman–Crippen MR) is 90.6 cm³/mol. The number of carbonyl (C=O) groups is 2. The number of nitrogens with one attached hydrogen (secondary N) is 1. The van der Waals surface area contributed by atoms with Crippen molar-refractivity contribution < 1.29 is 23.5 Å². The number of rotatable bonds is 6. The predicted octanol–water partition coefficient (Wildman–Crippen LogP) is 3.78. The number of hydrogen-bond donors (Lipinski definition) is 1. The third kappa shape index (κ3) is 5.06. The minimum atomic E-state index is -0.907. The third-order valence-corrected chi connectivity index (χ3v) is 3.43. The van der Waals surface area contributed by atoms with E-state index < -0.39 is 24.3 Å². The minimum absolute atomic E-state index is 0.238. The molecular weight excluding hydrogens is 381 g/mol. The summed E-state index contributed by atoms with van der Waals surface area (Å²) >= 11 is 3.14. The molecule has 0 fully saturated rings. The van der Waals surface area contributed by atoms with E-state index in [0.29, 0.717) is 22.5 Å². The number of hydrogen-bond acceptors (Lipinski definition) is 4. The Balaban J connectivity index is 1.88. The summed E-state index contributed by atoms with van der Waals surface area (Å²) in [6.07, 6.45) is 0. The van der Waals surface area contributed by atoms with Gasteiger partial charge in [0.2, 0.25) is 0 Å². The van der Waals surface area contributed by atoms with E-state index in [0.717, 1.165) is 6.07 Å². The normalized spacial score (nSPS) is 10.1. The molecule has 5 nitrogen and oxygen atoms in total. The van der Waals surface area contributed by atoms with E-state index in [4.69, 9.17) is 9.47 Å². The van der Waals surface area contributed by atoms with Crippen LogP contribution in [0.4, 0.5) is 10.1 Å². The zero-order valence-corrected chi connectivity index (χ0v) is 14.4. The van der Waals surface area contributed by atoms with Crippen LogP contribution in [-0.4, -0.2) is 25.1 Å². The molecule has 0 bridgehead atoms. The van der Waals surface area contributed by atoms with E-state index in [-0.39, 0.29) is 5.56 Å². The van der Waals surface area contributed by atoms with Crippen LogP contribution in [0.25, 0.3) is 0 Å². The molecule has 0 saturated carbocycles. The summed E-state index contributed by atoms with van der Waals surface area (Å²) in [5, 5.41) is 2.57. The maximum absolute atomic E-state index is 13.6. The molecule has 24 heavy (non-hydrogen) atoms. The third-order valence-electron chi connectivity index (χ3n) is 2.93. The smallest absolute Gasteiger partial charge is 0.341 e. The summed E-state index contributed by atoms with van der Waals surface area (Å²) in [5.41, 5.74) is 0.298. The summed E-state index contributed by atoms with van der Waals surface area (Å²) in [5.74, 6) is -1.46. The highest BCUT2D eigenvalue weighted by Gasteiger charge is 2.15. The van der Waals surface area contributed by atoms with Gasteiger partial charge in [0.15, 0.2) is 6.61 Å². The minimum Gasteiger partial charge on any atom is -0.494 e. The number of halogens is 2. The van der Waals surface area contributed by atoms with Gasteiger partial charge >= 0.3 is 5.97 Å². The van der Waals surface area contributed by atoms with Crippen LogP contribution in [0.5, 0.6) is 5.75 Å². The Kier molecular flexibility index (Phi) is 6.31. The van der Waals surface area contributed by atoms with Crippen molar-refractivity contribution in [1.29, 1.82) is 0 Å². The number of carbonyl (C=O) groups excluding carboxylic acids is 2. The zero-order chi connectivity index (χ0) is 17.5. The molecule has 0 unspecified atom stereocenters. The van der Waals surface area contributed by atoms with Gasteiger partial charge in [0.05, 0.1) is 12.2 Å². The Morgan fingerprint density at radius 2 is 1.88 bits per heavy atom. The molecule has 2 aromatic carbocycles. The molecule has 7 heteroatoms. The Morgan fingerprint density at radius 3 is 2.54 bits per heavy atom. The second-order valence-corrected chi connectivity index (χ2v) is 5.62. The number of amides is 1. The summed E-state index contributed by atoms with van der Waals surface area (Å²) in [6, 6.07) is 10.6. The lowest BCUT2D eigenvalue weighted by molar-refractivity contribution is -0.119. The largest absolute Gasteiger partial charge is 0.494 e. The zero-order valence-electron chi connectivity index (χ0n) is 12.8. The van der Waals surface area contributed by atoms with Gasteiger partial charge in [0.25, 0.3) is 5.91 Å². The quantitative estimate of drug-likeness (QED) is 0.755. The first-order valence-electron chi connectivity index (χ1n) is 7.14. The fourth-order valence-corrected chi connectivity index (χ4v) is 2.22. The lowest BCUT2D eigenvalue weighted by Crippen LogP contribution is -2.21. The van der Waals surface area contributed by atoms with E-state index in [9.17, 15) is 14.0 Å². The van der Waals surface area contributed by atoms with E-state index in [1.54, 1.807) is 24.3 Å². The SMILES string of the molecule is CCOc1ccc(NC(=O)COC(=O)c2cc(Br)ccc2F)cc1. The lowest BCUT2D eigenvalue weighted by atomic mass is 10.2. The van der Waals surface area contributed by atoms with Crippen LogP contribution in [0.2, 0.25) is 0 Å². The van der Waals surface area contributed by atoms with Crippen molar-refractivity contribution in [3.63, 3.8) is 0 Å². The molecular formula is C17H15BrFNO4. The number of ether oxygens (including phenoxy) is 2. The van der Waals surface area contributed by atoms with Crippen LogP contribution in [-0.2, 0) is 9.53 Å². The van der Waals surface area contributed by atoms with E-state index in [1.165, 1.54) is 12.1 Å². The number of esters is 1. The maximum Gasteiger partial charge on any atom is 0.341 e. The van der Waals surface area contributed by atoms with Crippen LogP contribution in [0.1, 0.15) is 17.3 Å². The Morgan fingerprint density at radius 1 is 1.17 bits per heavy atom. The van der Waals surface area contributed by atoms with Crippen molar-refractivity contribution in [2.45, 2.75) is 6.92 Å². The summed E-state index contributed by atoms with van der Waals surface area (Å²) in [4.78, 5) is 23.6. The van der Waals surface area contributed by atoms with Gasteiger partial charge in [0.1, 0.15) is 11.6 Å². The van der Waals surface area contributed by atoms with Crippen molar-refractivity contribution in [2.24, 2.45) is 0 Å². The van der Waals surface area contributed by atoms with Crippen LogP contribution in [0.3, 0.4) is 0 Å². The summed E-state index contributed by atoms with van der Waals surface area (Å²) in [7, 11) is 0. The van der Waals surface area contributed by atoms with E-state index >= 15 is 0 Å². The van der Waals surface area contributed by atoms with Crippen molar-refractivity contribution >= 4 is 33.5 Å². The van der Waals surface area contributed by atoms with Crippen molar-refractivity contribution in [1.82, 2.24) is 0 Å². The molecule has 0 aliphatic rings. The average molecular weight is 396 g/mol. The molecule has 2 aromatic rings. The molecule has 0 radical (unpaired) electrons. The molecule has 0 saturated heterocycles. The topological polar surface area (TPSA) is 64.6 Å². The summed E-state index contributed by atoms with van der Waals surface area (Å²) in [6.45, 7) is 1.91. The number of anilines is 1. The standard InChI is InChI=1S/C17H15BrFNO4/c1-2-23-13-6-4-12(5-7-13)20-16(21)10-24-17(22)14-9-11(18)3-8-15(14)19/h3-9H,2,10H2,1H3,(H,20,21). The van der Waals surface area contributed by atoms with Gasteiger partial charge in [-0.1, -0.05) is 15.9 Å². The maximum atomic E-state index is 13.6. The van der Waals surface area contributed by atoms with Gasteiger partial charge < -0.3 is 14.8 Å². The highest BCUT2D eigenvalue weighted by molar-refractivity contribution is 9.10. The van der Waals surface area contributed by atoms with Gasteiger partial charge in [-0.25, -0.2) is 9.18 Å².